The molecule has 0 fully saturated rings. The van der Waals surface area contributed by atoms with Crippen molar-refractivity contribution in [1.29, 1.82) is 0 Å². The predicted molar refractivity (Wildman–Crippen MR) is 77.6 cm³/mol. The lowest BCUT2D eigenvalue weighted by Crippen LogP contribution is -2.31. The van der Waals surface area contributed by atoms with Crippen molar-refractivity contribution in [3.63, 3.8) is 0 Å². The quantitative estimate of drug-likeness (QED) is 0.879. The lowest BCUT2D eigenvalue weighted by atomic mass is 10.1. The highest BCUT2D eigenvalue weighted by molar-refractivity contribution is 5.94. The molecule has 0 spiro atoms. The Bertz CT molecular complexity index is 658. The minimum absolute atomic E-state index is 0.248. The summed E-state index contributed by atoms with van der Waals surface area (Å²) in [5, 5.41) is 0. The van der Waals surface area contributed by atoms with E-state index in [9.17, 15) is 13.6 Å². The van der Waals surface area contributed by atoms with Gasteiger partial charge in [0.1, 0.15) is 0 Å². The topological polar surface area (TPSA) is 46.3 Å². The molecule has 3 nitrogen and oxygen atoms in total. The molecule has 0 unspecified atom stereocenters. The summed E-state index contributed by atoms with van der Waals surface area (Å²) in [5.41, 5.74) is 6.90. The number of nitrogens with two attached hydrogens (primary N) is 1. The number of hydrogen-bond donors (Lipinski definition) is 1. The van der Waals surface area contributed by atoms with Crippen molar-refractivity contribution in [2.75, 3.05) is 12.3 Å². The van der Waals surface area contributed by atoms with Crippen LogP contribution in [0, 0.1) is 11.6 Å². The SMILES string of the molecule is CCN(Cc1ccccc1N)C(=O)c1cccc(F)c1F. The van der Waals surface area contributed by atoms with Crippen LogP contribution < -0.4 is 5.73 Å². The molecule has 2 aromatic carbocycles. The molecule has 0 aliphatic heterocycles. The van der Waals surface area contributed by atoms with Gasteiger partial charge in [0.15, 0.2) is 11.6 Å². The molecule has 0 aromatic heterocycles. The van der Waals surface area contributed by atoms with Gasteiger partial charge in [-0.1, -0.05) is 24.3 Å². The van der Waals surface area contributed by atoms with E-state index in [1.807, 2.05) is 6.07 Å². The number of carbonyl (C=O) groups is 1. The number of amides is 1. The number of nitrogens with zero attached hydrogens (tertiary/aromatic N) is 1. The number of anilines is 1. The summed E-state index contributed by atoms with van der Waals surface area (Å²) in [6.45, 7) is 2.38. The molecular formula is C16H16F2N2O. The molecule has 0 bridgehead atoms. The Kier molecular flexibility index (Phi) is 4.52. The zero-order valence-corrected chi connectivity index (χ0v) is 11.6. The standard InChI is InChI=1S/C16H16F2N2O/c1-2-20(10-11-6-3-4-9-14(11)19)16(21)12-7-5-8-13(17)15(12)18/h3-9H,2,10,19H2,1H3. The van der Waals surface area contributed by atoms with Crippen molar-refractivity contribution in [2.24, 2.45) is 0 Å². The molecule has 0 aliphatic carbocycles. The van der Waals surface area contributed by atoms with Crippen molar-refractivity contribution < 1.29 is 13.6 Å². The zero-order valence-electron chi connectivity index (χ0n) is 11.6. The second kappa shape index (κ2) is 6.35. The maximum absolute atomic E-state index is 13.7. The minimum atomic E-state index is -1.12. The van der Waals surface area contributed by atoms with Crippen molar-refractivity contribution in [1.82, 2.24) is 4.90 Å². The maximum Gasteiger partial charge on any atom is 0.257 e. The monoisotopic (exact) mass is 290 g/mol. The van der Waals surface area contributed by atoms with Crippen LogP contribution >= 0.6 is 0 Å². The third kappa shape index (κ3) is 3.18. The van der Waals surface area contributed by atoms with Crippen LogP contribution in [0.5, 0.6) is 0 Å². The van der Waals surface area contributed by atoms with Crippen LogP contribution in [-0.2, 0) is 6.54 Å². The lowest BCUT2D eigenvalue weighted by molar-refractivity contribution is 0.0747. The fraction of sp³-hybridized carbons (Fsp3) is 0.188. The van der Waals surface area contributed by atoms with Crippen LogP contribution in [0.3, 0.4) is 0 Å². The van der Waals surface area contributed by atoms with Crippen molar-refractivity contribution >= 4 is 11.6 Å². The zero-order chi connectivity index (χ0) is 15.4. The molecular weight excluding hydrogens is 274 g/mol. The van der Waals surface area contributed by atoms with Gasteiger partial charge in [-0.15, -0.1) is 0 Å². The number of hydrogen-bond acceptors (Lipinski definition) is 2. The number of para-hydroxylation sites is 1. The Hall–Kier alpha value is -2.43. The first-order chi connectivity index (χ1) is 10.0. The van der Waals surface area contributed by atoms with Gasteiger partial charge in [-0.25, -0.2) is 8.78 Å². The Balaban J connectivity index is 2.27. The van der Waals surface area contributed by atoms with Gasteiger partial charge in [0.2, 0.25) is 0 Å². The van der Waals surface area contributed by atoms with Gasteiger partial charge in [0.05, 0.1) is 5.56 Å². The van der Waals surface area contributed by atoms with E-state index in [1.54, 1.807) is 25.1 Å². The Labute approximate surface area is 122 Å². The minimum Gasteiger partial charge on any atom is -0.398 e. The van der Waals surface area contributed by atoms with Crippen LogP contribution in [0.4, 0.5) is 14.5 Å². The van der Waals surface area contributed by atoms with Gasteiger partial charge in [-0.05, 0) is 30.7 Å². The Morgan fingerprint density at radius 3 is 2.52 bits per heavy atom. The summed E-state index contributed by atoms with van der Waals surface area (Å²) in [7, 11) is 0. The smallest absolute Gasteiger partial charge is 0.257 e. The number of nitrogen functional groups attached to an aromatic ring is 1. The number of benzene rings is 2. The summed E-state index contributed by atoms with van der Waals surface area (Å²) in [4.78, 5) is 13.8. The third-order valence-electron chi connectivity index (χ3n) is 3.27. The number of carbonyl (C=O) groups excluding carboxylic acids is 1. The second-order valence-electron chi connectivity index (χ2n) is 4.62. The van der Waals surface area contributed by atoms with E-state index in [-0.39, 0.29) is 12.1 Å². The van der Waals surface area contributed by atoms with Gasteiger partial charge >= 0.3 is 0 Å². The molecule has 1 amide bonds. The molecule has 2 aromatic rings. The summed E-state index contributed by atoms with van der Waals surface area (Å²) < 4.78 is 27.0. The highest BCUT2D eigenvalue weighted by Gasteiger charge is 2.20. The van der Waals surface area contributed by atoms with Crippen molar-refractivity contribution in [3.05, 3.63) is 65.2 Å². The Morgan fingerprint density at radius 1 is 1.14 bits per heavy atom. The predicted octanol–water partition coefficient (Wildman–Crippen LogP) is 3.21. The van der Waals surface area contributed by atoms with E-state index in [4.69, 9.17) is 5.73 Å². The van der Waals surface area contributed by atoms with E-state index >= 15 is 0 Å². The van der Waals surface area contributed by atoms with Crippen LogP contribution in [-0.4, -0.2) is 17.4 Å². The van der Waals surface area contributed by atoms with E-state index in [0.29, 0.717) is 12.2 Å². The lowest BCUT2D eigenvalue weighted by Gasteiger charge is -2.22. The largest absolute Gasteiger partial charge is 0.398 e. The summed E-state index contributed by atoms with van der Waals surface area (Å²) >= 11 is 0. The fourth-order valence-corrected chi connectivity index (χ4v) is 2.05. The second-order valence-corrected chi connectivity index (χ2v) is 4.62. The molecule has 0 heterocycles. The molecule has 2 N–H and O–H groups in total. The number of rotatable bonds is 4. The van der Waals surface area contributed by atoms with Crippen LogP contribution in [0.25, 0.3) is 0 Å². The summed E-state index contributed by atoms with van der Waals surface area (Å²) in [6.07, 6.45) is 0. The van der Waals surface area contributed by atoms with Crippen molar-refractivity contribution in [3.8, 4) is 0 Å². The fourth-order valence-electron chi connectivity index (χ4n) is 2.05. The summed E-state index contributed by atoms with van der Waals surface area (Å²) in [6, 6.07) is 10.7. The van der Waals surface area contributed by atoms with E-state index < -0.39 is 17.5 Å². The molecule has 0 atom stereocenters. The molecule has 5 heteroatoms. The number of halogens is 2. The first-order valence-corrected chi connectivity index (χ1v) is 6.61. The molecule has 0 saturated heterocycles. The van der Waals surface area contributed by atoms with Crippen molar-refractivity contribution in [2.45, 2.75) is 13.5 Å². The van der Waals surface area contributed by atoms with E-state index in [0.717, 1.165) is 11.6 Å². The van der Waals surface area contributed by atoms with E-state index in [2.05, 4.69) is 0 Å². The molecule has 21 heavy (non-hydrogen) atoms. The average molecular weight is 290 g/mol. The maximum atomic E-state index is 13.7. The molecule has 110 valence electrons. The van der Waals surface area contributed by atoms with Gasteiger partial charge in [-0.2, -0.15) is 0 Å². The normalized spacial score (nSPS) is 10.4. The van der Waals surface area contributed by atoms with Gasteiger partial charge in [-0.3, -0.25) is 4.79 Å². The van der Waals surface area contributed by atoms with Gasteiger partial charge < -0.3 is 10.6 Å². The van der Waals surface area contributed by atoms with Gasteiger partial charge in [0.25, 0.3) is 5.91 Å². The van der Waals surface area contributed by atoms with Gasteiger partial charge in [0, 0.05) is 18.8 Å². The highest BCUT2D eigenvalue weighted by Crippen LogP contribution is 2.18. The Morgan fingerprint density at radius 2 is 1.86 bits per heavy atom. The molecule has 0 radical (unpaired) electrons. The van der Waals surface area contributed by atoms with Crippen LogP contribution in [0.1, 0.15) is 22.8 Å². The highest BCUT2D eigenvalue weighted by atomic mass is 19.2. The van der Waals surface area contributed by atoms with Crippen LogP contribution in [0.2, 0.25) is 0 Å². The first kappa shape index (κ1) is 15.0. The molecule has 0 saturated carbocycles. The third-order valence-corrected chi connectivity index (χ3v) is 3.27. The molecule has 2 rings (SSSR count). The molecule has 0 aliphatic rings. The average Bonchev–Trinajstić information content (AvgIpc) is 2.48. The van der Waals surface area contributed by atoms with Crippen LogP contribution in [0.15, 0.2) is 42.5 Å². The first-order valence-electron chi connectivity index (χ1n) is 6.61. The van der Waals surface area contributed by atoms with E-state index in [1.165, 1.54) is 17.0 Å². The summed E-state index contributed by atoms with van der Waals surface area (Å²) in [5.74, 6) is -2.71.